The third-order valence-corrected chi connectivity index (χ3v) is 5.41. The van der Waals surface area contributed by atoms with E-state index in [1.54, 1.807) is 4.90 Å². The molecule has 2 aliphatic rings. The van der Waals surface area contributed by atoms with Gasteiger partial charge in [0.1, 0.15) is 0 Å². The molecule has 0 aliphatic carbocycles. The van der Waals surface area contributed by atoms with Crippen molar-refractivity contribution in [2.24, 2.45) is 0 Å². The minimum Gasteiger partial charge on any atom is -0.339 e. The van der Waals surface area contributed by atoms with Gasteiger partial charge in [0, 0.05) is 32.6 Å². The first kappa shape index (κ1) is 15.7. The maximum atomic E-state index is 12.7. The van der Waals surface area contributed by atoms with Crippen molar-refractivity contribution in [3.8, 4) is 0 Å². The van der Waals surface area contributed by atoms with Gasteiger partial charge in [-0.3, -0.25) is 14.4 Å². The Hall–Kier alpha value is -2.17. The molecule has 2 aliphatic heterocycles. The Morgan fingerprint density at radius 2 is 1.74 bits per heavy atom. The predicted octanol–water partition coefficient (Wildman–Crippen LogP) is 1.58. The van der Waals surface area contributed by atoms with Crippen LogP contribution in [-0.2, 0) is 14.4 Å². The van der Waals surface area contributed by atoms with E-state index in [-0.39, 0.29) is 17.4 Å². The second-order valence-electron chi connectivity index (χ2n) is 6.64. The van der Waals surface area contributed by atoms with Crippen LogP contribution < -0.4 is 0 Å². The second kappa shape index (κ2) is 5.80. The van der Waals surface area contributed by atoms with Gasteiger partial charge >= 0.3 is 0 Å². The number of likely N-dealkylation sites (N-methyl/N-ethyl adjacent to an activating group) is 1. The average Bonchev–Trinajstić information content (AvgIpc) is 2.81. The Labute approximate surface area is 136 Å². The molecule has 23 heavy (non-hydrogen) atoms. The number of likely N-dealkylation sites (tertiary alicyclic amines) is 2. The molecule has 0 aromatic heterocycles. The van der Waals surface area contributed by atoms with Crippen molar-refractivity contribution in [2.75, 3.05) is 20.1 Å². The number of Topliss-reactive ketones (excluding diaryl/α,β-unsaturated/α-hetero) is 1. The van der Waals surface area contributed by atoms with Crippen LogP contribution in [0.2, 0.25) is 0 Å². The molecule has 5 nitrogen and oxygen atoms in total. The molecule has 0 radical (unpaired) electrons. The van der Waals surface area contributed by atoms with Crippen LogP contribution in [0.25, 0.3) is 0 Å². The highest BCUT2D eigenvalue weighted by Crippen LogP contribution is 2.44. The van der Waals surface area contributed by atoms with Crippen LogP contribution in [0.3, 0.4) is 0 Å². The highest BCUT2D eigenvalue weighted by molar-refractivity contribution is 6.35. The highest BCUT2D eigenvalue weighted by atomic mass is 16.2. The van der Waals surface area contributed by atoms with Gasteiger partial charge in [-0.25, -0.2) is 0 Å². The zero-order valence-electron chi connectivity index (χ0n) is 13.6. The van der Waals surface area contributed by atoms with Crippen molar-refractivity contribution in [1.29, 1.82) is 0 Å². The summed E-state index contributed by atoms with van der Waals surface area (Å²) in [7, 11) is 1.87. The Balaban J connectivity index is 1.76. The summed E-state index contributed by atoms with van der Waals surface area (Å²) in [4.78, 5) is 39.3. The molecular formula is C18H22N2O3. The minimum absolute atomic E-state index is 0.101. The quantitative estimate of drug-likeness (QED) is 0.779. The van der Waals surface area contributed by atoms with Gasteiger partial charge in [-0.05, 0) is 24.8 Å². The summed E-state index contributed by atoms with van der Waals surface area (Å²) >= 11 is 0. The van der Waals surface area contributed by atoms with E-state index in [2.05, 4.69) is 0 Å². The number of benzene rings is 1. The van der Waals surface area contributed by atoms with Gasteiger partial charge in [-0.15, -0.1) is 0 Å². The summed E-state index contributed by atoms with van der Waals surface area (Å²) in [5, 5.41) is 0. The molecule has 0 bridgehead atoms. The number of hydrogen-bond acceptors (Lipinski definition) is 3. The molecule has 1 aromatic rings. The van der Waals surface area contributed by atoms with Crippen LogP contribution in [0.1, 0.15) is 37.7 Å². The Morgan fingerprint density at radius 1 is 1.13 bits per heavy atom. The first-order valence-corrected chi connectivity index (χ1v) is 8.07. The first-order chi connectivity index (χ1) is 10.9. The lowest BCUT2D eigenvalue weighted by Gasteiger charge is -2.43. The van der Waals surface area contributed by atoms with Crippen molar-refractivity contribution >= 4 is 17.6 Å². The lowest BCUT2D eigenvalue weighted by molar-refractivity contribution is -0.145. The third-order valence-electron chi connectivity index (χ3n) is 5.41. The molecule has 0 saturated carbocycles. The normalized spacial score (nSPS) is 23.4. The topological polar surface area (TPSA) is 57.7 Å². The number of rotatable bonds is 2. The van der Waals surface area contributed by atoms with Crippen molar-refractivity contribution in [3.05, 3.63) is 35.9 Å². The predicted molar refractivity (Wildman–Crippen MR) is 85.8 cm³/mol. The summed E-state index contributed by atoms with van der Waals surface area (Å²) < 4.78 is 0. The average molecular weight is 314 g/mol. The first-order valence-electron chi connectivity index (χ1n) is 8.07. The van der Waals surface area contributed by atoms with Gasteiger partial charge in [0.05, 0.1) is 5.92 Å². The zero-order chi connectivity index (χ0) is 16.6. The van der Waals surface area contributed by atoms with Crippen LogP contribution in [0.15, 0.2) is 30.3 Å². The van der Waals surface area contributed by atoms with E-state index < -0.39 is 11.7 Å². The molecule has 1 spiro atoms. The summed E-state index contributed by atoms with van der Waals surface area (Å²) in [6, 6.07) is 9.88. The summed E-state index contributed by atoms with van der Waals surface area (Å²) in [5.74, 6) is -0.774. The molecule has 2 heterocycles. The van der Waals surface area contributed by atoms with E-state index in [0.717, 1.165) is 24.8 Å². The lowest BCUT2D eigenvalue weighted by Crippen LogP contribution is -2.53. The van der Waals surface area contributed by atoms with E-state index in [9.17, 15) is 14.4 Å². The largest absolute Gasteiger partial charge is 0.339 e. The smallest absolute Gasteiger partial charge is 0.289 e. The number of hydrogen-bond donors (Lipinski definition) is 0. The number of carbonyl (C=O) groups excluding carboxylic acids is 3. The zero-order valence-corrected chi connectivity index (χ0v) is 13.6. The van der Waals surface area contributed by atoms with Crippen LogP contribution in [-0.4, -0.2) is 53.1 Å². The minimum atomic E-state index is -0.418. The van der Waals surface area contributed by atoms with Crippen molar-refractivity contribution in [3.63, 3.8) is 0 Å². The van der Waals surface area contributed by atoms with Gasteiger partial charge in [-0.2, -0.15) is 0 Å². The molecule has 1 unspecified atom stereocenters. The fraction of sp³-hybridized carbons (Fsp3) is 0.500. The molecule has 0 N–H and O–H groups in total. The van der Waals surface area contributed by atoms with Crippen LogP contribution in [0.5, 0.6) is 0 Å². The highest BCUT2D eigenvalue weighted by Gasteiger charge is 2.50. The monoisotopic (exact) mass is 314 g/mol. The lowest BCUT2D eigenvalue weighted by atomic mass is 9.81. The van der Waals surface area contributed by atoms with Gasteiger partial charge < -0.3 is 9.80 Å². The third kappa shape index (κ3) is 2.64. The van der Waals surface area contributed by atoms with Crippen molar-refractivity contribution in [2.45, 2.75) is 37.6 Å². The Morgan fingerprint density at radius 3 is 2.30 bits per heavy atom. The molecule has 2 saturated heterocycles. The summed E-state index contributed by atoms with van der Waals surface area (Å²) in [6.07, 6.45) is 2.25. The standard InChI is InChI=1S/C18H22N2O3/c1-13(21)16(22)20-10-8-18(9-11-20)12-15(17(23)19(18)2)14-6-4-3-5-7-14/h3-7,15H,8-12H2,1-2H3. The Bertz CT molecular complexity index is 633. The number of amides is 2. The Kier molecular flexibility index (Phi) is 3.96. The van der Waals surface area contributed by atoms with Crippen LogP contribution >= 0.6 is 0 Å². The summed E-state index contributed by atoms with van der Waals surface area (Å²) in [6.45, 7) is 2.39. The van der Waals surface area contributed by atoms with E-state index in [1.165, 1.54) is 6.92 Å². The summed E-state index contributed by atoms with van der Waals surface area (Å²) in [5.41, 5.74) is 0.869. The number of ketones is 1. The maximum absolute atomic E-state index is 12.7. The molecule has 2 fully saturated rings. The molecule has 3 rings (SSSR count). The fourth-order valence-corrected chi connectivity index (χ4v) is 3.91. The van der Waals surface area contributed by atoms with Gasteiger partial charge in [0.15, 0.2) is 0 Å². The van der Waals surface area contributed by atoms with E-state index >= 15 is 0 Å². The molecular weight excluding hydrogens is 292 g/mol. The molecule has 1 atom stereocenters. The van der Waals surface area contributed by atoms with Gasteiger partial charge in [0.25, 0.3) is 5.91 Å². The van der Waals surface area contributed by atoms with Crippen LogP contribution in [0.4, 0.5) is 0 Å². The van der Waals surface area contributed by atoms with Crippen molar-refractivity contribution < 1.29 is 14.4 Å². The van der Waals surface area contributed by atoms with Gasteiger partial charge in [0.2, 0.25) is 11.7 Å². The van der Waals surface area contributed by atoms with E-state index in [1.807, 2.05) is 42.3 Å². The SMILES string of the molecule is CC(=O)C(=O)N1CCC2(CC1)CC(c1ccccc1)C(=O)N2C. The van der Waals surface area contributed by atoms with Crippen molar-refractivity contribution in [1.82, 2.24) is 9.80 Å². The maximum Gasteiger partial charge on any atom is 0.289 e. The number of nitrogens with zero attached hydrogens (tertiary/aromatic N) is 2. The number of carbonyl (C=O) groups is 3. The molecule has 122 valence electrons. The fourth-order valence-electron chi connectivity index (χ4n) is 3.91. The molecule has 2 amide bonds. The molecule has 5 heteroatoms. The second-order valence-corrected chi connectivity index (χ2v) is 6.64. The van der Waals surface area contributed by atoms with E-state index in [0.29, 0.717) is 13.1 Å². The van der Waals surface area contributed by atoms with E-state index in [4.69, 9.17) is 0 Å². The van der Waals surface area contributed by atoms with Crippen LogP contribution in [0, 0.1) is 0 Å². The molecule has 1 aromatic carbocycles. The number of piperidine rings is 1. The van der Waals surface area contributed by atoms with Gasteiger partial charge in [-0.1, -0.05) is 30.3 Å².